The molecule has 0 atom stereocenters. The van der Waals surface area contributed by atoms with Crippen molar-refractivity contribution in [1.29, 1.82) is 0 Å². The van der Waals surface area contributed by atoms with Gasteiger partial charge in [0, 0.05) is 32.6 Å². The van der Waals surface area contributed by atoms with Crippen molar-refractivity contribution in [1.82, 2.24) is 9.80 Å². The van der Waals surface area contributed by atoms with E-state index in [1.807, 2.05) is 0 Å². The summed E-state index contributed by atoms with van der Waals surface area (Å²) >= 11 is 0. The van der Waals surface area contributed by atoms with Gasteiger partial charge in [-0.2, -0.15) is 0 Å². The lowest BCUT2D eigenvalue weighted by atomic mass is 9.96. The molecule has 3 rings (SSSR count). The van der Waals surface area contributed by atoms with Crippen molar-refractivity contribution < 1.29 is 9.90 Å². The van der Waals surface area contributed by atoms with Crippen LogP contribution in [0.5, 0.6) is 0 Å². The Labute approximate surface area is 162 Å². The predicted octanol–water partition coefficient (Wildman–Crippen LogP) is 4.04. The molecule has 1 N–H and O–H groups in total. The Hall–Kier alpha value is -2.17. The van der Waals surface area contributed by atoms with Crippen LogP contribution in [0, 0.1) is 0 Å². The Bertz CT molecular complexity index is 643. The molecule has 0 unspecified atom stereocenters. The van der Waals surface area contributed by atoms with Crippen LogP contribution in [-0.4, -0.2) is 53.6 Å². The number of carboxylic acids is 1. The molecule has 0 aliphatic carbocycles. The number of unbranched alkanes of at least 4 members (excludes halogenated alkanes) is 2. The zero-order chi connectivity index (χ0) is 18.9. The number of benzene rings is 2. The highest BCUT2D eigenvalue weighted by molar-refractivity contribution is 5.66. The fraction of sp³-hybridized carbons (Fsp3) is 0.435. The van der Waals surface area contributed by atoms with Gasteiger partial charge in [0.1, 0.15) is 0 Å². The summed E-state index contributed by atoms with van der Waals surface area (Å²) in [6.07, 6.45) is 3.18. The Morgan fingerprint density at radius 1 is 0.815 bits per heavy atom. The Morgan fingerprint density at radius 3 is 1.89 bits per heavy atom. The molecule has 0 saturated carbocycles. The molecule has 1 fully saturated rings. The molecule has 0 spiro atoms. The Balaban J connectivity index is 1.55. The second kappa shape index (κ2) is 10.2. The standard InChI is InChI=1S/C23H30N2O2/c26-22(27)14-8-3-9-15-24-16-18-25(19-17-24)23(20-10-4-1-5-11-20)21-12-6-2-7-13-21/h1-2,4-7,10-13,23H,3,8-9,14-19H2,(H,26,27). The van der Waals surface area contributed by atoms with E-state index in [0.717, 1.165) is 52.0 Å². The summed E-state index contributed by atoms with van der Waals surface area (Å²) in [5.41, 5.74) is 2.71. The number of rotatable bonds is 9. The molecule has 1 heterocycles. The Morgan fingerprint density at radius 2 is 1.37 bits per heavy atom. The molecule has 2 aromatic rings. The number of hydrogen-bond acceptors (Lipinski definition) is 3. The molecule has 1 saturated heterocycles. The minimum Gasteiger partial charge on any atom is -0.481 e. The maximum atomic E-state index is 10.6. The van der Waals surface area contributed by atoms with Crippen molar-refractivity contribution in [2.75, 3.05) is 32.7 Å². The summed E-state index contributed by atoms with van der Waals surface area (Å²) in [7, 11) is 0. The van der Waals surface area contributed by atoms with E-state index in [0.29, 0.717) is 12.5 Å². The fourth-order valence-electron chi connectivity index (χ4n) is 3.92. The summed E-state index contributed by atoms with van der Waals surface area (Å²) in [6.45, 7) is 5.35. The highest BCUT2D eigenvalue weighted by Crippen LogP contribution is 2.29. The van der Waals surface area contributed by atoms with E-state index in [2.05, 4.69) is 70.5 Å². The monoisotopic (exact) mass is 366 g/mol. The van der Waals surface area contributed by atoms with Gasteiger partial charge in [-0.25, -0.2) is 0 Å². The maximum Gasteiger partial charge on any atom is 0.303 e. The summed E-state index contributed by atoms with van der Waals surface area (Å²) in [5.74, 6) is -0.684. The second-order valence-corrected chi connectivity index (χ2v) is 7.31. The van der Waals surface area contributed by atoms with Crippen molar-refractivity contribution in [2.45, 2.75) is 31.7 Å². The molecule has 4 heteroatoms. The highest BCUT2D eigenvalue weighted by atomic mass is 16.4. The van der Waals surface area contributed by atoms with Gasteiger partial charge in [-0.3, -0.25) is 9.69 Å². The van der Waals surface area contributed by atoms with Crippen molar-refractivity contribution in [3.05, 3.63) is 71.8 Å². The first kappa shape index (κ1) is 19.6. The molecule has 1 aliphatic heterocycles. The SMILES string of the molecule is O=C(O)CCCCCN1CCN(C(c2ccccc2)c2ccccc2)CC1. The number of carbonyl (C=O) groups is 1. The fourth-order valence-corrected chi connectivity index (χ4v) is 3.92. The Kier molecular flexibility index (Phi) is 7.43. The minimum atomic E-state index is -0.684. The van der Waals surface area contributed by atoms with E-state index >= 15 is 0 Å². The topological polar surface area (TPSA) is 43.8 Å². The van der Waals surface area contributed by atoms with Crippen molar-refractivity contribution >= 4 is 5.97 Å². The van der Waals surface area contributed by atoms with Crippen LogP contribution >= 0.6 is 0 Å². The lowest BCUT2D eigenvalue weighted by Gasteiger charge is -2.39. The third kappa shape index (κ3) is 5.91. The van der Waals surface area contributed by atoms with Crippen LogP contribution in [0.4, 0.5) is 0 Å². The molecule has 0 bridgehead atoms. The molecule has 144 valence electrons. The zero-order valence-electron chi connectivity index (χ0n) is 16.0. The van der Waals surface area contributed by atoms with Gasteiger partial charge in [0.25, 0.3) is 0 Å². The third-order valence-corrected chi connectivity index (χ3v) is 5.37. The molecule has 4 nitrogen and oxygen atoms in total. The van der Waals surface area contributed by atoms with Crippen LogP contribution in [0.2, 0.25) is 0 Å². The first-order valence-corrected chi connectivity index (χ1v) is 10.0. The largest absolute Gasteiger partial charge is 0.481 e. The summed E-state index contributed by atoms with van der Waals surface area (Å²) in [6, 6.07) is 21.9. The van der Waals surface area contributed by atoms with Crippen molar-refractivity contribution in [3.8, 4) is 0 Å². The van der Waals surface area contributed by atoms with Gasteiger partial charge in [0.15, 0.2) is 0 Å². The van der Waals surface area contributed by atoms with E-state index in [9.17, 15) is 4.79 Å². The average Bonchev–Trinajstić information content (AvgIpc) is 2.70. The number of piperazine rings is 1. The number of nitrogens with zero attached hydrogens (tertiary/aromatic N) is 2. The lowest BCUT2D eigenvalue weighted by molar-refractivity contribution is -0.137. The third-order valence-electron chi connectivity index (χ3n) is 5.37. The van der Waals surface area contributed by atoms with Crippen molar-refractivity contribution in [3.63, 3.8) is 0 Å². The van der Waals surface area contributed by atoms with Crippen LogP contribution in [0.15, 0.2) is 60.7 Å². The van der Waals surface area contributed by atoms with Crippen LogP contribution in [0.1, 0.15) is 42.9 Å². The van der Waals surface area contributed by atoms with Crippen LogP contribution in [0.3, 0.4) is 0 Å². The normalized spacial score (nSPS) is 15.9. The van der Waals surface area contributed by atoms with Crippen LogP contribution < -0.4 is 0 Å². The van der Waals surface area contributed by atoms with Gasteiger partial charge in [-0.1, -0.05) is 67.1 Å². The van der Waals surface area contributed by atoms with Gasteiger partial charge in [-0.15, -0.1) is 0 Å². The molecule has 1 aliphatic rings. The first-order chi connectivity index (χ1) is 13.2. The van der Waals surface area contributed by atoms with Gasteiger partial charge in [0.2, 0.25) is 0 Å². The van der Waals surface area contributed by atoms with E-state index in [1.165, 1.54) is 11.1 Å². The van der Waals surface area contributed by atoms with Crippen LogP contribution in [-0.2, 0) is 4.79 Å². The van der Waals surface area contributed by atoms with Gasteiger partial charge in [0.05, 0.1) is 6.04 Å². The summed E-state index contributed by atoms with van der Waals surface area (Å²) in [5, 5.41) is 8.71. The zero-order valence-corrected chi connectivity index (χ0v) is 16.0. The van der Waals surface area contributed by atoms with E-state index in [-0.39, 0.29) is 0 Å². The molecule has 2 aromatic carbocycles. The number of hydrogen-bond donors (Lipinski definition) is 1. The van der Waals surface area contributed by atoms with Crippen molar-refractivity contribution in [2.24, 2.45) is 0 Å². The molecular formula is C23H30N2O2. The second-order valence-electron chi connectivity index (χ2n) is 7.31. The van der Waals surface area contributed by atoms with Crippen LogP contribution in [0.25, 0.3) is 0 Å². The predicted molar refractivity (Wildman–Crippen MR) is 109 cm³/mol. The first-order valence-electron chi connectivity index (χ1n) is 10.0. The van der Waals surface area contributed by atoms with E-state index in [4.69, 9.17) is 5.11 Å². The number of aliphatic carboxylic acids is 1. The molecular weight excluding hydrogens is 336 g/mol. The van der Waals surface area contributed by atoms with Gasteiger partial charge >= 0.3 is 5.97 Å². The summed E-state index contributed by atoms with van der Waals surface area (Å²) < 4.78 is 0. The average molecular weight is 367 g/mol. The minimum absolute atomic E-state index is 0.295. The van der Waals surface area contributed by atoms with E-state index < -0.39 is 5.97 Å². The van der Waals surface area contributed by atoms with E-state index in [1.54, 1.807) is 0 Å². The molecule has 0 amide bonds. The smallest absolute Gasteiger partial charge is 0.303 e. The molecule has 27 heavy (non-hydrogen) atoms. The van der Waals surface area contributed by atoms with Gasteiger partial charge in [-0.05, 0) is 30.5 Å². The summed E-state index contributed by atoms with van der Waals surface area (Å²) in [4.78, 5) is 15.7. The quantitative estimate of drug-likeness (QED) is 0.680. The molecule has 0 radical (unpaired) electrons. The molecule has 0 aromatic heterocycles. The lowest BCUT2D eigenvalue weighted by Crippen LogP contribution is -2.48. The number of carboxylic acid groups (broad SMARTS) is 1. The van der Waals surface area contributed by atoms with Gasteiger partial charge < -0.3 is 10.0 Å². The highest BCUT2D eigenvalue weighted by Gasteiger charge is 2.25. The maximum absolute atomic E-state index is 10.6.